The van der Waals surface area contributed by atoms with E-state index in [9.17, 15) is 32.7 Å². The Morgan fingerprint density at radius 1 is 1.15 bits per heavy atom. The summed E-state index contributed by atoms with van der Waals surface area (Å²) in [6, 6.07) is 7.12. The smallest absolute Gasteiger partial charge is 0.480 e. The van der Waals surface area contributed by atoms with Gasteiger partial charge in [0.2, 0.25) is 11.8 Å². The van der Waals surface area contributed by atoms with Crippen molar-refractivity contribution in [2.75, 3.05) is 18.4 Å². The highest BCUT2D eigenvalue weighted by Gasteiger charge is 2.31. The number of aromatic nitrogens is 1. The molecule has 2 amide bonds. The van der Waals surface area contributed by atoms with Crippen molar-refractivity contribution in [3.8, 4) is 5.75 Å². The first-order valence-corrected chi connectivity index (χ1v) is 10.3. The number of benzene rings is 1. The van der Waals surface area contributed by atoms with Crippen LogP contribution in [0.1, 0.15) is 24.0 Å². The Morgan fingerprint density at radius 3 is 2.59 bits per heavy atom. The van der Waals surface area contributed by atoms with E-state index in [1.165, 1.54) is 12.1 Å². The summed E-state index contributed by atoms with van der Waals surface area (Å²) >= 11 is 0. The molecule has 0 saturated carbocycles. The molecular formula is C22H25F3N4O5. The first-order valence-electron chi connectivity index (χ1n) is 10.3. The molecule has 34 heavy (non-hydrogen) atoms. The van der Waals surface area contributed by atoms with E-state index >= 15 is 0 Å². The van der Waals surface area contributed by atoms with E-state index in [1.807, 2.05) is 19.1 Å². The zero-order valence-corrected chi connectivity index (χ0v) is 18.3. The van der Waals surface area contributed by atoms with Crippen molar-refractivity contribution in [1.82, 2.24) is 15.6 Å². The van der Waals surface area contributed by atoms with Gasteiger partial charge in [0.1, 0.15) is 17.6 Å². The number of halogens is 3. The second kappa shape index (κ2) is 12.4. The number of amides is 2. The van der Waals surface area contributed by atoms with Crippen molar-refractivity contribution in [2.45, 2.75) is 38.6 Å². The summed E-state index contributed by atoms with van der Waals surface area (Å²) in [7, 11) is 0. The van der Waals surface area contributed by atoms with Gasteiger partial charge in [0.25, 0.3) is 0 Å². The first-order chi connectivity index (χ1) is 16.0. The lowest BCUT2D eigenvalue weighted by Crippen LogP contribution is -2.46. The van der Waals surface area contributed by atoms with E-state index in [0.29, 0.717) is 18.8 Å². The van der Waals surface area contributed by atoms with Gasteiger partial charge in [0, 0.05) is 25.6 Å². The number of carbonyl (C=O) groups is 3. The summed E-state index contributed by atoms with van der Waals surface area (Å²) in [5, 5.41) is 17.1. The summed E-state index contributed by atoms with van der Waals surface area (Å²) in [6.07, 6.45) is -2.87. The summed E-state index contributed by atoms with van der Waals surface area (Å²) in [6.45, 7) is 1.99. The number of alkyl halides is 3. The second-order valence-electron chi connectivity index (χ2n) is 7.38. The number of hydrogen-bond acceptors (Lipinski definition) is 6. The number of aliphatic carboxylic acids is 1. The van der Waals surface area contributed by atoms with Crippen LogP contribution in [0.25, 0.3) is 0 Å². The molecule has 12 heteroatoms. The van der Waals surface area contributed by atoms with Gasteiger partial charge in [0.05, 0.1) is 6.54 Å². The molecule has 1 aromatic heterocycles. The van der Waals surface area contributed by atoms with Crippen LogP contribution in [-0.4, -0.2) is 53.4 Å². The topological polar surface area (TPSA) is 130 Å². The molecule has 9 nitrogen and oxygen atoms in total. The van der Waals surface area contributed by atoms with Crippen LogP contribution in [0.2, 0.25) is 0 Å². The quantitative estimate of drug-likeness (QED) is 0.342. The van der Waals surface area contributed by atoms with E-state index < -0.39 is 42.5 Å². The second-order valence-corrected chi connectivity index (χ2v) is 7.38. The van der Waals surface area contributed by atoms with Crippen LogP contribution in [0, 0.1) is 6.92 Å². The average Bonchev–Trinajstić information content (AvgIpc) is 2.74. The number of hydrogen-bond donors (Lipinski definition) is 4. The number of carboxylic acid groups (broad SMARTS) is 1. The van der Waals surface area contributed by atoms with Gasteiger partial charge in [-0.2, -0.15) is 0 Å². The summed E-state index contributed by atoms with van der Waals surface area (Å²) in [5.74, 6) is -2.32. The van der Waals surface area contributed by atoms with Crippen LogP contribution in [0.5, 0.6) is 5.75 Å². The monoisotopic (exact) mass is 482 g/mol. The molecule has 1 heterocycles. The van der Waals surface area contributed by atoms with Crippen LogP contribution < -0.4 is 20.7 Å². The number of rotatable bonds is 12. The van der Waals surface area contributed by atoms with Crippen molar-refractivity contribution >= 4 is 23.6 Å². The minimum Gasteiger partial charge on any atom is -0.480 e. The van der Waals surface area contributed by atoms with Gasteiger partial charge in [-0.1, -0.05) is 12.1 Å². The van der Waals surface area contributed by atoms with E-state index in [2.05, 4.69) is 25.7 Å². The predicted octanol–water partition coefficient (Wildman–Crippen LogP) is 2.41. The maximum absolute atomic E-state index is 12.4. The third-order valence-corrected chi connectivity index (χ3v) is 4.45. The van der Waals surface area contributed by atoms with Gasteiger partial charge in [-0.3, -0.25) is 9.59 Å². The summed E-state index contributed by atoms with van der Waals surface area (Å²) in [5.41, 5.74) is 1.26. The fourth-order valence-corrected chi connectivity index (χ4v) is 2.92. The van der Waals surface area contributed by atoms with E-state index in [-0.39, 0.29) is 18.4 Å². The number of carboxylic acids is 1. The highest BCUT2D eigenvalue weighted by atomic mass is 19.4. The molecule has 0 bridgehead atoms. The number of aryl methyl sites for hydroxylation is 1. The van der Waals surface area contributed by atoms with Gasteiger partial charge < -0.3 is 25.8 Å². The summed E-state index contributed by atoms with van der Waals surface area (Å²) in [4.78, 5) is 39.6. The maximum Gasteiger partial charge on any atom is 0.573 e. The lowest BCUT2D eigenvalue weighted by molar-refractivity contribution is -0.274. The zero-order chi connectivity index (χ0) is 25.1. The minimum atomic E-state index is -4.88. The number of anilines is 1. The highest BCUT2D eigenvalue weighted by molar-refractivity contribution is 5.88. The maximum atomic E-state index is 12.4. The van der Waals surface area contributed by atoms with Crippen molar-refractivity contribution in [3.63, 3.8) is 0 Å². The number of ether oxygens (including phenoxy) is 1. The van der Waals surface area contributed by atoms with Crippen LogP contribution >= 0.6 is 0 Å². The average molecular weight is 482 g/mol. The lowest BCUT2D eigenvalue weighted by Gasteiger charge is -2.16. The molecule has 0 spiro atoms. The molecule has 4 N–H and O–H groups in total. The normalized spacial score (nSPS) is 11.9. The lowest BCUT2D eigenvalue weighted by atomic mass is 10.1. The number of pyridine rings is 1. The molecular weight excluding hydrogens is 457 g/mol. The van der Waals surface area contributed by atoms with E-state index in [1.54, 1.807) is 6.20 Å². The number of carbonyl (C=O) groups excluding carboxylic acids is 2. The van der Waals surface area contributed by atoms with Crippen molar-refractivity contribution in [2.24, 2.45) is 0 Å². The Bertz CT molecular complexity index is 1000. The Labute approximate surface area is 193 Å². The van der Waals surface area contributed by atoms with Gasteiger partial charge in [-0.05, 0) is 48.7 Å². The van der Waals surface area contributed by atoms with Crippen LogP contribution in [-0.2, 0) is 20.8 Å². The van der Waals surface area contributed by atoms with E-state index in [0.717, 1.165) is 17.7 Å². The fraction of sp³-hybridized carbons (Fsp3) is 0.364. The highest BCUT2D eigenvalue weighted by Crippen LogP contribution is 2.23. The SMILES string of the molecule is Cc1ccnc(NCCCC(=O)NCC(=O)NC(Cc2cccc(OC(F)(F)F)c2)C(=O)O)c1. The van der Waals surface area contributed by atoms with Gasteiger partial charge in [0.15, 0.2) is 0 Å². The molecule has 184 valence electrons. The molecule has 1 atom stereocenters. The third kappa shape index (κ3) is 10.2. The fourth-order valence-electron chi connectivity index (χ4n) is 2.92. The molecule has 1 unspecified atom stereocenters. The number of nitrogens with zero attached hydrogens (tertiary/aromatic N) is 1. The Balaban J connectivity index is 1.75. The van der Waals surface area contributed by atoms with Crippen LogP contribution in [0.3, 0.4) is 0 Å². The molecule has 0 aliphatic rings. The van der Waals surface area contributed by atoms with Crippen molar-refractivity contribution < 1.29 is 37.4 Å². The van der Waals surface area contributed by atoms with Gasteiger partial charge >= 0.3 is 12.3 Å². The molecule has 0 aliphatic heterocycles. The molecule has 1 aromatic carbocycles. The molecule has 2 aromatic rings. The third-order valence-electron chi connectivity index (χ3n) is 4.45. The Hall–Kier alpha value is -3.83. The molecule has 0 aliphatic carbocycles. The van der Waals surface area contributed by atoms with Crippen molar-refractivity contribution in [3.05, 3.63) is 53.7 Å². The Kier molecular flexibility index (Phi) is 9.65. The molecule has 0 radical (unpaired) electrons. The first kappa shape index (κ1) is 26.4. The van der Waals surface area contributed by atoms with Crippen LogP contribution in [0.15, 0.2) is 42.6 Å². The van der Waals surface area contributed by atoms with Gasteiger partial charge in [-0.15, -0.1) is 13.2 Å². The standard InChI is InChI=1S/C22H25F3N4O5/c1-14-7-9-27-18(10-14)26-8-3-6-19(30)28-13-20(31)29-17(21(32)33)12-15-4-2-5-16(11-15)34-22(23,24)25/h2,4-5,7,9-11,17H,3,6,8,12-13H2,1H3,(H,26,27)(H,28,30)(H,29,31)(H,32,33). The predicted molar refractivity (Wildman–Crippen MR) is 116 cm³/mol. The van der Waals surface area contributed by atoms with Crippen molar-refractivity contribution in [1.29, 1.82) is 0 Å². The minimum absolute atomic E-state index is 0.139. The number of nitrogens with one attached hydrogen (secondary N) is 3. The van der Waals surface area contributed by atoms with Gasteiger partial charge in [-0.25, -0.2) is 9.78 Å². The largest absolute Gasteiger partial charge is 0.573 e. The molecule has 2 rings (SSSR count). The van der Waals surface area contributed by atoms with Crippen LogP contribution in [0.4, 0.5) is 19.0 Å². The molecule has 0 fully saturated rings. The molecule has 0 saturated heterocycles. The Morgan fingerprint density at radius 2 is 1.91 bits per heavy atom. The zero-order valence-electron chi connectivity index (χ0n) is 18.3. The van der Waals surface area contributed by atoms with E-state index in [4.69, 9.17) is 0 Å². The summed E-state index contributed by atoms with van der Waals surface area (Å²) < 4.78 is 40.9.